The molecule has 3 saturated heterocycles. The zero-order valence-corrected chi connectivity index (χ0v) is 53.3. The first-order valence-corrected chi connectivity index (χ1v) is 31.9. The van der Waals surface area contributed by atoms with E-state index < -0.39 is 65.2 Å². The van der Waals surface area contributed by atoms with Gasteiger partial charge in [0, 0.05) is 64.3 Å². The van der Waals surface area contributed by atoms with Crippen molar-refractivity contribution in [1.82, 2.24) is 50.7 Å². The summed E-state index contributed by atoms with van der Waals surface area (Å²) in [5.74, 6) is -1.94. The van der Waals surface area contributed by atoms with Gasteiger partial charge in [-0.3, -0.25) is 33.8 Å². The molecule has 21 heteroatoms. The van der Waals surface area contributed by atoms with Crippen LogP contribution in [0.25, 0.3) is 17.1 Å². The number of carbonyl (C=O) groups excluding carboxylic acids is 6. The molecule has 5 atom stereocenters. The number of ether oxygens (including phenoxy) is 2. The number of likely N-dealkylation sites (tertiary alicyclic amines) is 1. The van der Waals surface area contributed by atoms with E-state index in [1.807, 2.05) is 126 Å². The molecule has 3 aliphatic rings. The SMILES string of the molecule is CC(C)C[C@H](NC(=O)[C@H](CCc1ccccc1)NC(=O)Cc1ccc(OC(=O)N2CCC(N3CCN(Cc4ccc(-n5c(-c6cc(C(C)C)c(O)cc6O)n[nH]c5=O)cc4)CC3)CC2)cc1)C(=O)N[C@@H](Cc1ccccc1)C(=O)N[C@@H](CC(C)C)C(=O)[C@@]1(C)CO1. The fourth-order valence-corrected chi connectivity index (χ4v) is 12.1. The molecule has 0 bridgehead atoms. The second-order valence-electron chi connectivity index (χ2n) is 25.8. The van der Waals surface area contributed by atoms with Gasteiger partial charge in [0.15, 0.2) is 11.6 Å². The number of nitrogens with one attached hydrogen (secondary N) is 5. The molecule has 0 aliphatic carbocycles. The van der Waals surface area contributed by atoms with Gasteiger partial charge in [0.1, 0.15) is 41.0 Å². The van der Waals surface area contributed by atoms with Crippen LogP contribution in [0, 0.1) is 11.8 Å². The number of aromatic hydroxyl groups is 2. The monoisotopic (exact) mass is 1240 g/mol. The maximum Gasteiger partial charge on any atom is 0.415 e. The van der Waals surface area contributed by atoms with Crippen LogP contribution in [0.1, 0.15) is 114 Å². The first-order valence-electron chi connectivity index (χ1n) is 31.9. The topological polar surface area (TPSA) is 273 Å². The average molecular weight is 1250 g/mol. The van der Waals surface area contributed by atoms with Gasteiger partial charge in [-0.05, 0) is 121 Å². The molecule has 3 fully saturated rings. The molecular weight excluding hydrogens is 1160 g/mol. The maximum atomic E-state index is 14.4. The highest BCUT2D eigenvalue weighted by atomic mass is 16.6. The first kappa shape index (κ1) is 66.8. The van der Waals surface area contributed by atoms with Crippen molar-refractivity contribution < 1.29 is 48.5 Å². The Balaban J connectivity index is 0.749. The largest absolute Gasteiger partial charge is 0.508 e. The van der Waals surface area contributed by atoms with Crippen molar-refractivity contribution in [3.05, 3.63) is 160 Å². The lowest BCUT2D eigenvalue weighted by molar-refractivity contribution is -0.135. The summed E-state index contributed by atoms with van der Waals surface area (Å²) in [6.45, 7) is 19.0. The lowest BCUT2D eigenvalue weighted by Crippen LogP contribution is -2.59. The van der Waals surface area contributed by atoms with E-state index in [1.54, 1.807) is 42.2 Å². The van der Waals surface area contributed by atoms with E-state index in [2.05, 4.69) is 41.3 Å². The number of piperazine rings is 1. The number of aryl methyl sites for hydroxylation is 1. The highest BCUT2D eigenvalue weighted by molar-refractivity contribution is 5.99. The third-order valence-electron chi connectivity index (χ3n) is 17.3. The van der Waals surface area contributed by atoms with Crippen molar-refractivity contribution in [2.45, 2.75) is 148 Å². The number of hydrogen-bond acceptors (Lipinski definition) is 14. The van der Waals surface area contributed by atoms with Gasteiger partial charge in [0.25, 0.3) is 0 Å². The van der Waals surface area contributed by atoms with E-state index in [4.69, 9.17) is 9.47 Å². The van der Waals surface area contributed by atoms with Gasteiger partial charge in [-0.15, -0.1) is 0 Å². The van der Waals surface area contributed by atoms with Crippen LogP contribution in [0.3, 0.4) is 0 Å². The Morgan fingerprint density at radius 1 is 0.659 bits per heavy atom. The van der Waals surface area contributed by atoms with Gasteiger partial charge in [-0.25, -0.2) is 19.3 Å². The molecule has 3 aliphatic heterocycles. The summed E-state index contributed by atoms with van der Waals surface area (Å²) in [6, 6.07) is 32.5. The smallest absolute Gasteiger partial charge is 0.415 e. The number of rotatable bonds is 27. The Labute approximate surface area is 532 Å². The second kappa shape index (κ2) is 30.4. The lowest BCUT2D eigenvalue weighted by Gasteiger charge is -2.42. The zero-order chi connectivity index (χ0) is 64.9. The Hall–Kier alpha value is -8.66. The third kappa shape index (κ3) is 18.1. The second-order valence-corrected chi connectivity index (χ2v) is 25.8. The number of amides is 5. The van der Waals surface area contributed by atoms with Crippen molar-refractivity contribution in [3.63, 3.8) is 0 Å². The van der Waals surface area contributed by atoms with Crippen LogP contribution in [0.15, 0.2) is 126 Å². The van der Waals surface area contributed by atoms with E-state index in [-0.39, 0.29) is 73.2 Å². The number of phenols is 2. The number of Topliss-reactive ketones (excluding diaryl/α,β-unsaturated/α-hetero) is 1. The van der Waals surface area contributed by atoms with E-state index in [0.717, 1.165) is 62.3 Å². The molecule has 4 heterocycles. The minimum atomic E-state index is -1.09. The Kier molecular flexibility index (Phi) is 22.3. The molecule has 9 rings (SSSR count). The summed E-state index contributed by atoms with van der Waals surface area (Å²) in [7, 11) is 0. The molecule has 21 nitrogen and oxygen atoms in total. The number of benzene rings is 5. The minimum absolute atomic E-state index is 0.0198. The molecule has 0 spiro atoms. The third-order valence-corrected chi connectivity index (χ3v) is 17.3. The van der Waals surface area contributed by atoms with E-state index in [9.17, 15) is 43.8 Å². The number of phenolic OH excluding ortho intramolecular Hbond substituents is 2. The number of aromatic nitrogens is 3. The molecule has 0 radical (unpaired) electrons. The van der Waals surface area contributed by atoms with Crippen LogP contribution in [0.4, 0.5) is 4.79 Å². The van der Waals surface area contributed by atoms with Crippen LogP contribution >= 0.6 is 0 Å². The van der Waals surface area contributed by atoms with Crippen molar-refractivity contribution in [2.75, 3.05) is 45.9 Å². The average Bonchev–Trinajstić information content (AvgIpc) is 1.74. The fourth-order valence-electron chi connectivity index (χ4n) is 12.1. The molecule has 5 aromatic carbocycles. The van der Waals surface area contributed by atoms with Gasteiger partial charge >= 0.3 is 11.8 Å². The van der Waals surface area contributed by atoms with E-state index >= 15 is 0 Å². The molecule has 6 aromatic rings. The summed E-state index contributed by atoms with van der Waals surface area (Å²) < 4.78 is 12.7. The Bertz CT molecular complexity index is 3520. The van der Waals surface area contributed by atoms with Crippen LogP contribution < -0.4 is 31.7 Å². The number of hydrogen-bond donors (Lipinski definition) is 7. The van der Waals surface area contributed by atoms with Gasteiger partial charge < -0.3 is 45.9 Å². The molecule has 5 amide bonds. The van der Waals surface area contributed by atoms with Crippen LogP contribution in [0.2, 0.25) is 0 Å². The van der Waals surface area contributed by atoms with Gasteiger partial charge in [-0.1, -0.05) is 126 Å². The Morgan fingerprint density at radius 2 is 1.23 bits per heavy atom. The summed E-state index contributed by atoms with van der Waals surface area (Å²) in [4.78, 5) is 104. The van der Waals surface area contributed by atoms with Crippen molar-refractivity contribution >= 4 is 35.5 Å². The predicted octanol–water partition coefficient (Wildman–Crippen LogP) is 7.35. The molecule has 1 aromatic heterocycles. The number of ketones is 1. The summed E-state index contributed by atoms with van der Waals surface area (Å²) in [5.41, 5.74) is 3.60. The van der Waals surface area contributed by atoms with Crippen molar-refractivity contribution in [3.8, 4) is 34.3 Å². The molecule has 91 heavy (non-hydrogen) atoms. The quantitative estimate of drug-likeness (QED) is 0.0249. The molecule has 7 N–H and O–H groups in total. The number of piperidine rings is 1. The summed E-state index contributed by atoms with van der Waals surface area (Å²) >= 11 is 0. The first-order chi connectivity index (χ1) is 43.6. The number of epoxide rings is 1. The number of aromatic amines is 1. The lowest BCUT2D eigenvalue weighted by atomic mass is 9.93. The number of carbonyl (C=O) groups is 6. The van der Waals surface area contributed by atoms with Crippen molar-refractivity contribution in [1.29, 1.82) is 0 Å². The van der Waals surface area contributed by atoms with Crippen molar-refractivity contribution in [2.24, 2.45) is 11.8 Å². The number of H-pyrrole nitrogens is 1. The zero-order valence-electron chi connectivity index (χ0n) is 53.3. The Morgan fingerprint density at radius 3 is 1.85 bits per heavy atom. The van der Waals surface area contributed by atoms with Crippen LogP contribution in [-0.2, 0) is 54.5 Å². The normalized spacial score (nSPS) is 17.7. The van der Waals surface area contributed by atoms with Crippen LogP contribution in [0.5, 0.6) is 17.2 Å². The highest BCUT2D eigenvalue weighted by Crippen LogP contribution is 2.38. The minimum Gasteiger partial charge on any atom is -0.508 e. The van der Waals surface area contributed by atoms with Gasteiger partial charge in [0.05, 0.1) is 30.3 Å². The standard InChI is InChI=1S/C70H88N10O11/c1-44(2)36-57(63(84)70(7)43-90-70)72-67(87)59(38-48-16-12-9-13-17-48)74-66(86)58(37-45(3)4)73-65(85)56(27-22-47-14-10-8-11-15-47)71-62(83)39-49-20-25-53(26-21-49)91-69(89)79-30-28-51(29-31-79)78-34-32-77(33-35-78)42-50-18-23-52(24-19-50)80-64(75-76-68(80)88)55-40-54(46(5)6)60(81)41-61(55)82/h8-21,23-26,40-41,44-46,51,56-59,81-82H,22,27-39,42-43H2,1-7H3,(H,71,83)(H,72,87)(H,73,85)(H,74,86)(H,76,88)/t56-,57-,58-,59-,70+/m0/s1. The molecule has 484 valence electrons. The highest BCUT2D eigenvalue weighted by Gasteiger charge is 2.50. The summed E-state index contributed by atoms with van der Waals surface area (Å²) in [5, 5.41) is 39.6. The molecule has 0 unspecified atom stereocenters. The molecule has 0 saturated carbocycles. The van der Waals surface area contributed by atoms with Gasteiger partial charge in [0.2, 0.25) is 23.6 Å². The van der Waals surface area contributed by atoms with E-state index in [1.165, 1.54) is 10.6 Å². The molecular formula is C70H88N10O11. The fraction of sp³-hybridized carbons (Fsp3) is 0.457. The maximum absolute atomic E-state index is 14.4. The number of nitrogens with zero attached hydrogens (tertiary/aromatic N) is 5. The van der Waals surface area contributed by atoms with Crippen LogP contribution in [-0.4, -0.2) is 157 Å². The van der Waals surface area contributed by atoms with E-state index in [0.29, 0.717) is 60.1 Å². The van der Waals surface area contributed by atoms with Gasteiger partial charge in [-0.2, -0.15) is 5.10 Å². The summed E-state index contributed by atoms with van der Waals surface area (Å²) in [6.07, 6.45) is 2.52. The predicted molar refractivity (Wildman–Crippen MR) is 346 cm³/mol.